The van der Waals surface area contributed by atoms with Crippen LogP contribution in [0.3, 0.4) is 0 Å². The van der Waals surface area contributed by atoms with Crippen LogP contribution in [0.4, 0.5) is 0 Å². The molecular formula is C11H12NO4S. The number of benzene rings is 1. The highest BCUT2D eigenvalue weighted by Gasteiger charge is 2.26. The van der Waals surface area contributed by atoms with Gasteiger partial charge >= 0.3 is 0 Å². The van der Waals surface area contributed by atoms with Crippen molar-refractivity contribution in [3.05, 3.63) is 35.9 Å². The first-order chi connectivity index (χ1) is 7.82. The van der Waals surface area contributed by atoms with Gasteiger partial charge in [-0.3, -0.25) is 9.59 Å². The lowest BCUT2D eigenvalue weighted by molar-refractivity contribution is -0.117. The molecule has 0 heterocycles. The minimum atomic E-state index is -4.18. The third-order valence-electron chi connectivity index (χ3n) is 2.35. The van der Waals surface area contributed by atoms with E-state index in [1.54, 1.807) is 30.3 Å². The molecule has 0 aliphatic rings. The summed E-state index contributed by atoms with van der Waals surface area (Å²) in [7, 11) is -4.18. The molecule has 0 aliphatic carbocycles. The minimum Gasteiger partial charge on any atom is -0.298 e. The maximum Gasteiger partial charge on any atom is 0.234 e. The summed E-state index contributed by atoms with van der Waals surface area (Å²) in [5.41, 5.74) is 0.357. The molecule has 0 saturated carbocycles. The van der Waals surface area contributed by atoms with Gasteiger partial charge in [-0.1, -0.05) is 30.3 Å². The van der Waals surface area contributed by atoms with Gasteiger partial charge in [-0.05, 0) is 6.92 Å². The largest absolute Gasteiger partial charge is 0.298 e. The van der Waals surface area contributed by atoms with Crippen molar-refractivity contribution in [3.63, 3.8) is 0 Å². The minimum absolute atomic E-state index is 0.357. The first-order valence-corrected chi connectivity index (χ1v) is 6.46. The first-order valence-electron chi connectivity index (χ1n) is 4.92. The first kappa shape index (κ1) is 13.5. The predicted molar refractivity (Wildman–Crippen MR) is 61.9 cm³/mol. The summed E-state index contributed by atoms with van der Waals surface area (Å²) in [4.78, 5) is 23.1. The number of rotatable bonds is 5. The van der Waals surface area contributed by atoms with Crippen molar-refractivity contribution >= 4 is 21.6 Å². The predicted octanol–water partition coefficient (Wildman–Crippen LogP) is 0.830. The van der Waals surface area contributed by atoms with Crippen LogP contribution in [-0.2, 0) is 14.8 Å². The molecular weight excluding hydrogens is 242 g/mol. The van der Waals surface area contributed by atoms with Crippen molar-refractivity contribution in [1.82, 2.24) is 5.14 Å². The monoisotopic (exact) mass is 254 g/mol. The highest BCUT2D eigenvalue weighted by Crippen LogP contribution is 2.07. The molecule has 0 spiro atoms. The summed E-state index contributed by atoms with van der Waals surface area (Å²) in [6, 6.07) is 8.14. The van der Waals surface area contributed by atoms with Crippen molar-refractivity contribution < 1.29 is 18.0 Å². The molecule has 1 unspecified atom stereocenters. The van der Waals surface area contributed by atoms with Gasteiger partial charge in [0.05, 0.1) is 6.42 Å². The van der Waals surface area contributed by atoms with E-state index < -0.39 is 33.3 Å². The Morgan fingerprint density at radius 3 is 2.24 bits per heavy atom. The Balaban J connectivity index is 2.74. The topological polar surface area (TPSA) is 92.1 Å². The average molecular weight is 254 g/mol. The van der Waals surface area contributed by atoms with Gasteiger partial charge in [-0.15, -0.1) is 5.14 Å². The van der Waals surface area contributed by atoms with Crippen LogP contribution in [-0.4, -0.2) is 25.2 Å². The van der Waals surface area contributed by atoms with E-state index in [9.17, 15) is 18.0 Å². The van der Waals surface area contributed by atoms with E-state index in [0.29, 0.717) is 5.56 Å². The summed E-state index contributed by atoms with van der Waals surface area (Å²) in [5, 5.41) is 5.29. The second-order valence-electron chi connectivity index (χ2n) is 3.62. The smallest absolute Gasteiger partial charge is 0.234 e. The number of hydrogen-bond acceptors (Lipinski definition) is 4. The molecule has 91 valence electrons. The van der Waals surface area contributed by atoms with Crippen LogP contribution < -0.4 is 5.14 Å². The molecule has 1 rings (SSSR count). The normalized spacial score (nSPS) is 13.1. The van der Waals surface area contributed by atoms with E-state index in [1.165, 1.54) is 0 Å². The van der Waals surface area contributed by atoms with E-state index in [4.69, 9.17) is 5.14 Å². The van der Waals surface area contributed by atoms with Crippen LogP contribution in [0.1, 0.15) is 23.7 Å². The molecule has 0 bridgehead atoms. The second kappa shape index (κ2) is 5.20. The Bertz CT molecular complexity index is 522. The number of nitrogens with one attached hydrogen (secondary N) is 1. The summed E-state index contributed by atoms with van der Waals surface area (Å²) < 4.78 is 21.7. The zero-order chi connectivity index (χ0) is 13.1. The van der Waals surface area contributed by atoms with Gasteiger partial charge in [0.15, 0.2) is 11.6 Å². The zero-order valence-electron chi connectivity index (χ0n) is 9.21. The van der Waals surface area contributed by atoms with Gasteiger partial charge in [0.25, 0.3) is 0 Å². The van der Waals surface area contributed by atoms with Gasteiger partial charge in [-0.2, -0.15) is 0 Å². The Morgan fingerprint density at radius 1 is 1.24 bits per heavy atom. The fourth-order valence-corrected chi connectivity index (χ4v) is 1.63. The van der Waals surface area contributed by atoms with Crippen LogP contribution in [0.5, 0.6) is 0 Å². The molecule has 1 atom stereocenters. The average Bonchev–Trinajstić information content (AvgIpc) is 2.27. The number of carbonyl (C=O) groups is 2. The maximum atomic E-state index is 11.6. The van der Waals surface area contributed by atoms with Gasteiger partial charge in [0, 0.05) is 5.56 Å². The van der Waals surface area contributed by atoms with E-state index in [2.05, 4.69) is 0 Å². The van der Waals surface area contributed by atoms with E-state index >= 15 is 0 Å². The van der Waals surface area contributed by atoms with Crippen LogP contribution in [0, 0.1) is 0 Å². The number of ketones is 2. The Morgan fingerprint density at radius 2 is 1.76 bits per heavy atom. The lowest BCUT2D eigenvalue weighted by atomic mass is 10.1. The molecule has 1 aromatic rings. The Labute approximate surface area is 99.7 Å². The van der Waals surface area contributed by atoms with Crippen molar-refractivity contribution in [2.45, 2.75) is 18.6 Å². The van der Waals surface area contributed by atoms with Crippen LogP contribution >= 0.6 is 0 Å². The van der Waals surface area contributed by atoms with E-state index in [1.807, 2.05) is 0 Å². The maximum absolute atomic E-state index is 11.6. The van der Waals surface area contributed by atoms with Crippen molar-refractivity contribution in [2.75, 3.05) is 0 Å². The van der Waals surface area contributed by atoms with Crippen LogP contribution in [0.15, 0.2) is 30.3 Å². The summed E-state index contributed by atoms with van der Waals surface area (Å²) in [6.45, 7) is 1.11. The van der Waals surface area contributed by atoms with Crippen molar-refractivity contribution in [1.29, 1.82) is 0 Å². The van der Waals surface area contributed by atoms with Crippen LogP contribution in [0.25, 0.3) is 0 Å². The Hall–Kier alpha value is -1.53. The van der Waals surface area contributed by atoms with Gasteiger partial charge in [0.1, 0.15) is 5.25 Å². The van der Waals surface area contributed by atoms with Crippen molar-refractivity contribution in [2.24, 2.45) is 0 Å². The third kappa shape index (κ3) is 3.76. The van der Waals surface area contributed by atoms with Crippen molar-refractivity contribution in [3.8, 4) is 0 Å². The molecule has 0 fully saturated rings. The van der Waals surface area contributed by atoms with Gasteiger partial charge < -0.3 is 0 Å². The summed E-state index contributed by atoms with van der Waals surface area (Å²) in [6.07, 6.45) is -0.497. The molecule has 0 amide bonds. The molecule has 0 aromatic heterocycles. The van der Waals surface area contributed by atoms with Gasteiger partial charge in [0.2, 0.25) is 10.0 Å². The fraction of sp³-hybridized carbons (Fsp3) is 0.273. The molecule has 1 aromatic carbocycles. The highest BCUT2D eigenvalue weighted by molar-refractivity contribution is 7.90. The molecule has 6 heteroatoms. The quantitative estimate of drug-likeness (QED) is 0.574. The lowest BCUT2D eigenvalue weighted by Gasteiger charge is -2.06. The molecule has 1 N–H and O–H groups in total. The molecule has 17 heavy (non-hydrogen) atoms. The second-order valence-corrected chi connectivity index (χ2v) is 5.42. The van der Waals surface area contributed by atoms with Crippen LogP contribution in [0.2, 0.25) is 0 Å². The lowest BCUT2D eigenvalue weighted by Crippen LogP contribution is -2.29. The SMILES string of the molecule is CC(C(=O)CC(=O)c1ccccc1)S([NH])(=O)=O. The molecule has 1 radical (unpaired) electrons. The third-order valence-corrected chi connectivity index (χ3v) is 3.54. The molecule has 0 saturated heterocycles. The molecule has 0 aliphatic heterocycles. The Kier molecular flexibility index (Phi) is 4.14. The highest BCUT2D eigenvalue weighted by atomic mass is 32.2. The zero-order valence-corrected chi connectivity index (χ0v) is 10.0. The number of Topliss-reactive ketones (excluding diaryl/α,β-unsaturated/α-hetero) is 2. The summed E-state index contributed by atoms with van der Waals surface area (Å²) in [5.74, 6) is -1.19. The number of hydrogen-bond donors (Lipinski definition) is 0. The summed E-state index contributed by atoms with van der Waals surface area (Å²) >= 11 is 0. The standard InChI is InChI=1S/C11H12NO4S/c1-8(17(12,15)16)10(13)7-11(14)9-5-3-2-4-6-9/h2-6,8,12H,7H2,1H3. The number of carbonyl (C=O) groups excluding carboxylic acids is 2. The molecule has 5 nitrogen and oxygen atoms in total. The van der Waals surface area contributed by atoms with Gasteiger partial charge in [-0.25, -0.2) is 8.42 Å². The van der Waals surface area contributed by atoms with E-state index in [-0.39, 0.29) is 0 Å². The fourth-order valence-electron chi connectivity index (χ4n) is 1.20. The van der Waals surface area contributed by atoms with E-state index in [0.717, 1.165) is 6.92 Å². The number of sulfonamides is 1.